The van der Waals surface area contributed by atoms with Crippen LogP contribution in [0.2, 0.25) is 0 Å². The fraction of sp³-hybridized carbons (Fsp3) is 0.278. The number of nitrogens with one attached hydrogen (secondary N) is 1. The second-order valence-corrected chi connectivity index (χ2v) is 5.47. The van der Waals surface area contributed by atoms with Crippen molar-refractivity contribution < 1.29 is 0 Å². The highest BCUT2D eigenvalue weighted by atomic mass is 15.0. The van der Waals surface area contributed by atoms with Crippen molar-refractivity contribution in [3.8, 4) is 6.07 Å². The Morgan fingerprint density at radius 2 is 1.62 bits per heavy atom. The highest BCUT2D eigenvalue weighted by molar-refractivity contribution is 5.31. The van der Waals surface area contributed by atoms with Gasteiger partial charge in [-0.3, -0.25) is 0 Å². The summed E-state index contributed by atoms with van der Waals surface area (Å²) in [5.74, 6) is 0. The lowest BCUT2D eigenvalue weighted by Crippen LogP contribution is -2.14. The van der Waals surface area contributed by atoms with Crippen LogP contribution < -0.4 is 5.32 Å². The maximum absolute atomic E-state index is 8.77. The molecule has 0 atom stereocenters. The Bertz CT molecular complexity index is 609. The molecule has 21 heavy (non-hydrogen) atoms. The Morgan fingerprint density at radius 1 is 0.952 bits per heavy atom. The van der Waals surface area contributed by atoms with Crippen LogP contribution in [-0.2, 0) is 19.6 Å². The van der Waals surface area contributed by atoms with Crippen molar-refractivity contribution in [2.24, 2.45) is 0 Å². The molecule has 0 fully saturated rings. The summed E-state index contributed by atoms with van der Waals surface area (Å²) in [4.78, 5) is 2.17. The van der Waals surface area contributed by atoms with Gasteiger partial charge in [0.15, 0.2) is 0 Å². The van der Waals surface area contributed by atoms with Crippen molar-refractivity contribution in [1.29, 1.82) is 5.26 Å². The van der Waals surface area contributed by atoms with Gasteiger partial charge in [0.2, 0.25) is 0 Å². The Morgan fingerprint density at radius 3 is 2.29 bits per heavy atom. The van der Waals surface area contributed by atoms with Crippen LogP contribution in [0.5, 0.6) is 0 Å². The van der Waals surface area contributed by atoms with Crippen molar-refractivity contribution >= 4 is 0 Å². The molecule has 0 unspecified atom stereocenters. The van der Waals surface area contributed by atoms with E-state index in [-0.39, 0.29) is 0 Å². The zero-order valence-electron chi connectivity index (χ0n) is 12.6. The van der Waals surface area contributed by atoms with E-state index in [1.54, 1.807) is 0 Å². The van der Waals surface area contributed by atoms with Crippen molar-refractivity contribution in [1.82, 2.24) is 10.2 Å². The van der Waals surface area contributed by atoms with E-state index in [2.05, 4.69) is 54.6 Å². The fourth-order valence-electron chi connectivity index (χ4n) is 2.25. The summed E-state index contributed by atoms with van der Waals surface area (Å²) < 4.78 is 0. The van der Waals surface area contributed by atoms with Crippen molar-refractivity contribution in [2.75, 3.05) is 14.1 Å². The zero-order valence-corrected chi connectivity index (χ0v) is 12.6. The molecule has 0 amide bonds. The van der Waals surface area contributed by atoms with Crippen LogP contribution >= 0.6 is 0 Å². The lowest BCUT2D eigenvalue weighted by atomic mass is 10.1. The number of nitriles is 1. The summed E-state index contributed by atoms with van der Waals surface area (Å²) in [6.07, 6.45) is 0. The molecule has 2 rings (SSSR count). The van der Waals surface area contributed by atoms with Gasteiger partial charge in [-0.1, -0.05) is 36.4 Å². The molecule has 108 valence electrons. The van der Waals surface area contributed by atoms with Crippen LogP contribution in [0.25, 0.3) is 0 Å². The van der Waals surface area contributed by atoms with Gasteiger partial charge in [-0.2, -0.15) is 5.26 Å². The van der Waals surface area contributed by atoms with Crippen molar-refractivity contribution in [3.05, 3.63) is 70.8 Å². The molecule has 0 saturated heterocycles. The minimum Gasteiger partial charge on any atom is -0.309 e. The fourth-order valence-corrected chi connectivity index (χ4v) is 2.25. The molecule has 0 bridgehead atoms. The highest BCUT2D eigenvalue weighted by Crippen LogP contribution is 2.08. The first kappa shape index (κ1) is 15.2. The van der Waals surface area contributed by atoms with E-state index in [9.17, 15) is 0 Å². The van der Waals surface area contributed by atoms with E-state index in [0.717, 1.165) is 19.6 Å². The van der Waals surface area contributed by atoms with Gasteiger partial charge in [-0.15, -0.1) is 0 Å². The van der Waals surface area contributed by atoms with Gasteiger partial charge in [-0.25, -0.2) is 0 Å². The van der Waals surface area contributed by atoms with E-state index in [1.807, 2.05) is 24.3 Å². The summed E-state index contributed by atoms with van der Waals surface area (Å²) in [5, 5.41) is 12.2. The lowest BCUT2D eigenvalue weighted by molar-refractivity contribution is 0.402. The van der Waals surface area contributed by atoms with Gasteiger partial charge >= 0.3 is 0 Å². The molecule has 2 aromatic rings. The third-order valence-corrected chi connectivity index (χ3v) is 3.23. The zero-order chi connectivity index (χ0) is 15.1. The average molecular weight is 279 g/mol. The van der Waals surface area contributed by atoms with Crippen molar-refractivity contribution in [3.63, 3.8) is 0 Å². The average Bonchev–Trinajstić information content (AvgIpc) is 2.48. The molecule has 0 aromatic heterocycles. The van der Waals surface area contributed by atoms with Crippen LogP contribution in [0, 0.1) is 11.3 Å². The molecule has 0 aliphatic carbocycles. The van der Waals surface area contributed by atoms with E-state index in [4.69, 9.17) is 5.26 Å². The molecule has 2 aromatic carbocycles. The summed E-state index contributed by atoms with van der Waals surface area (Å²) in [6, 6.07) is 18.5. The first-order chi connectivity index (χ1) is 10.2. The number of benzene rings is 2. The van der Waals surface area contributed by atoms with Gasteiger partial charge < -0.3 is 10.2 Å². The smallest absolute Gasteiger partial charge is 0.0991 e. The number of rotatable bonds is 6. The minimum atomic E-state index is 0.704. The summed E-state index contributed by atoms with van der Waals surface area (Å²) >= 11 is 0. The molecular formula is C18H21N3. The highest BCUT2D eigenvalue weighted by Gasteiger charge is 1.99. The van der Waals surface area contributed by atoms with E-state index in [0.29, 0.717) is 5.56 Å². The maximum Gasteiger partial charge on any atom is 0.0991 e. The first-order valence-corrected chi connectivity index (χ1v) is 7.09. The minimum absolute atomic E-state index is 0.704. The largest absolute Gasteiger partial charge is 0.309 e. The van der Waals surface area contributed by atoms with E-state index >= 15 is 0 Å². The molecule has 0 spiro atoms. The Hall–Kier alpha value is -2.15. The van der Waals surface area contributed by atoms with Crippen LogP contribution in [0.15, 0.2) is 48.5 Å². The normalized spacial score (nSPS) is 10.6. The van der Waals surface area contributed by atoms with Crippen LogP contribution in [0.1, 0.15) is 22.3 Å². The third kappa shape index (κ3) is 5.03. The van der Waals surface area contributed by atoms with Crippen molar-refractivity contribution in [2.45, 2.75) is 19.6 Å². The molecule has 0 heterocycles. The molecule has 0 radical (unpaired) electrons. The molecule has 0 aliphatic rings. The summed E-state index contributed by atoms with van der Waals surface area (Å²) in [6.45, 7) is 2.62. The number of hydrogen-bond donors (Lipinski definition) is 1. The Kier molecular flexibility index (Phi) is 5.51. The van der Waals surface area contributed by atoms with E-state index < -0.39 is 0 Å². The summed E-state index contributed by atoms with van der Waals surface area (Å²) in [5.41, 5.74) is 4.52. The van der Waals surface area contributed by atoms with Gasteiger partial charge in [-0.05, 0) is 42.9 Å². The lowest BCUT2D eigenvalue weighted by Gasteiger charge is -2.11. The maximum atomic E-state index is 8.77. The second-order valence-electron chi connectivity index (χ2n) is 5.47. The molecule has 0 aliphatic heterocycles. The number of hydrogen-bond acceptors (Lipinski definition) is 3. The molecule has 3 nitrogen and oxygen atoms in total. The quantitative estimate of drug-likeness (QED) is 0.883. The van der Waals surface area contributed by atoms with E-state index in [1.165, 1.54) is 16.7 Å². The SMILES string of the molecule is CN(C)Cc1cccc(CNCc2ccc(C#N)cc2)c1. The number of nitrogens with zero attached hydrogens (tertiary/aromatic N) is 2. The first-order valence-electron chi connectivity index (χ1n) is 7.09. The van der Waals surface area contributed by atoms with Gasteiger partial charge in [0.1, 0.15) is 0 Å². The van der Waals surface area contributed by atoms with Crippen LogP contribution in [0.3, 0.4) is 0 Å². The van der Waals surface area contributed by atoms with Gasteiger partial charge in [0.25, 0.3) is 0 Å². The molecular weight excluding hydrogens is 258 g/mol. The van der Waals surface area contributed by atoms with Gasteiger partial charge in [0.05, 0.1) is 11.6 Å². The second kappa shape index (κ2) is 7.58. The Labute approximate surface area is 126 Å². The molecule has 3 heteroatoms. The van der Waals surface area contributed by atoms with Crippen LogP contribution in [0.4, 0.5) is 0 Å². The summed E-state index contributed by atoms with van der Waals surface area (Å²) in [7, 11) is 4.16. The monoisotopic (exact) mass is 279 g/mol. The third-order valence-electron chi connectivity index (χ3n) is 3.23. The van der Waals surface area contributed by atoms with Crippen LogP contribution in [-0.4, -0.2) is 19.0 Å². The molecule has 0 saturated carbocycles. The molecule has 1 N–H and O–H groups in total. The predicted octanol–water partition coefficient (Wildman–Crippen LogP) is 2.91. The Balaban J connectivity index is 1.86. The topological polar surface area (TPSA) is 39.1 Å². The van der Waals surface area contributed by atoms with Gasteiger partial charge in [0, 0.05) is 19.6 Å². The predicted molar refractivity (Wildman–Crippen MR) is 85.5 cm³/mol. The standard InChI is InChI=1S/C18H21N3/c1-21(2)14-18-5-3-4-17(10-18)13-20-12-16-8-6-15(11-19)7-9-16/h3-10,20H,12-14H2,1-2H3.